The average Bonchev–Trinajstić information content (AvgIpc) is 3.36. The van der Waals surface area contributed by atoms with Gasteiger partial charge in [-0.15, -0.1) is 0 Å². The molecule has 424 valence electrons. The molecule has 0 aliphatic heterocycles. The highest BCUT2D eigenvalue weighted by Crippen LogP contribution is 2.43. The second-order valence-electron chi connectivity index (χ2n) is 21.7. The Hall–Kier alpha value is -0.990. The molecule has 0 fully saturated rings. The summed E-state index contributed by atoms with van der Waals surface area (Å²) in [7, 11) is -4.38. The van der Waals surface area contributed by atoms with Crippen LogP contribution in [0.1, 0.15) is 348 Å². The van der Waals surface area contributed by atoms with E-state index >= 15 is 0 Å². The first-order valence-electron chi connectivity index (χ1n) is 31.5. The maximum absolute atomic E-state index is 12.7. The van der Waals surface area contributed by atoms with Crippen LogP contribution >= 0.6 is 7.82 Å². The zero-order valence-electron chi connectivity index (χ0n) is 47.5. The van der Waals surface area contributed by atoms with Gasteiger partial charge in [0.05, 0.1) is 13.2 Å². The van der Waals surface area contributed by atoms with Crippen molar-refractivity contribution in [1.82, 2.24) is 0 Å². The second kappa shape index (κ2) is 58.3. The van der Waals surface area contributed by atoms with Gasteiger partial charge in [0, 0.05) is 19.4 Å². The van der Waals surface area contributed by atoms with Gasteiger partial charge in [0.15, 0.2) is 6.10 Å². The molecule has 0 rings (SSSR count). The number of ether oxygens (including phenoxy) is 2. The molecule has 0 radical (unpaired) electrons. The molecule has 0 aromatic rings. The molecular formula is C61H122NO8P. The Morgan fingerprint density at radius 1 is 0.366 bits per heavy atom. The average molecular weight is 1030 g/mol. The van der Waals surface area contributed by atoms with E-state index in [1.807, 2.05) is 0 Å². The van der Waals surface area contributed by atoms with Gasteiger partial charge in [-0.2, -0.15) is 0 Å². The third-order valence-electron chi connectivity index (χ3n) is 14.5. The third kappa shape index (κ3) is 58.1. The molecule has 0 heterocycles. The van der Waals surface area contributed by atoms with Crippen LogP contribution in [-0.4, -0.2) is 49.3 Å². The van der Waals surface area contributed by atoms with Crippen molar-refractivity contribution in [1.29, 1.82) is 0 Å². The van der Waals surface area contributed by atoms with Crippen LogP contribution in [0, 0.1) is 0 Å². The van der Waals surface area contributed by atoms with Gasteiger partial charge in [-0.05, 0) is 12.8 Å². The lowest BCUT2D eigenvalue weighted by molar-refractivity contribution is -0.161. The van der Waals surface area contributed by atoms with Crippen molar-refractivity contribution in [3.8, 4) is 0 Å². The van der Waals surface area contributed by atoms with Gasteiger partial charge in [0.25, 0.3) is 0 Å². The molecule has 0 saturated heterocycles. The van der Waals surface area contributed by atoms with Gasteiger partial charge >= 0.3 is 19.8 Å². The third-order valence-corrected chi connectivity index (χ3v) is 15.5. The lowest BCUT2D eigenvalue weighted by Gasteiger charge is -2.19. The summed E-state index contributed by atoms with van der Waals surface area (Å²) in [6.07, 6.45) is 66.1. The van der Waals surface area contributed by atoms with Crippen LogP contribution < -0.4 is 5.73 Å². The van der Waals surface area contributed by atoms with Crippen LogP contribution in [0.2, 0.25) is 0 Å². The Morgan fingerprint density at radius 3 is 0.859 bits per heavy atom. The van der Waals surface area contributed by atoms with Crippen molar-refractivity contribution >= 4 is 19.8 Å². The highest BCUT2D eigenvalue weighted by atomic mass is 31.2. The smallest absolute Gasteiger partial charge is 0.462 e. The molecule has 9 nitrogen and oxygen atoms in total. The number of carbonyl (C=O) groups excluding carboxylic acids is 2. The van der Waals surface area contributed by atoms with E-state index in [0.717, 1.165) is 32.1 Å². The molecule has 0 saturated carbocycles. The molecule has 0 amide bonds. The normalized spacial score (nSPS) is 12.9. The zero-order valence-corrected chi connectivity index (χ0v) is 48.4. The number of carbonyl (C=O) groups is 2. The lowest BCUT2D eigenvalue weighted by Crippen LogP contribution is -2.29. The largest absolute Gasteiger partial charge is 0.472 e. The fraction of sp³-hybridized carbons (Fsp3) is 0.967. The number of esters is 2. The molecular weight excluding hydrogens is 906 g/mol. The maximum atomic E-state index is 12.7. The Morgan fingerprint density at radius 2 is 0.606 bits per heavy atom. The van der Waals surface area contributed by atoms with Crippen LogP contribution in [0.3, 0.4) is 0 Å². The van der Waals surface area contributed by atoms with Gasteiger partial charge in [-0.1, -0.05) is 322 Å². The molecule has 3 N–H and O–H groups in total. The first-order chi connectivity index (χ1) is 34.8. The van der Waals surface area contributed by atoms with Crippen LogP contribution in [0.25, 0.3) is 0 Å². The Balaban J connectivity index is 3.86. The van der Waals surface area contributed by atoms with Gasteiger partial charge in [-0.3, -0.25) is 18.6 Å². The lowest BCUT2D eigenvalue weighted by atomic mass is 10.0. The summed E-state index contributed by atoms with van der Waals surface area (Å²) in [4.78, 5) is 35.2. The molecule has 10 heteroatoms. The summed E-state index contributed by atoms with van der Waals surface area (Å²) >= 11 is 0. The van der Waals surface area contributed by atoms with Crippen LogP contribution in [-0.2, 0) is 32.7 Å². The van der Waals surface area contributed by atoms with E-state index in [-0.39, 0.29) is 32.1 Å². The van der Waals surface area contributed by atoms with E-state index in [2.05, 4.69) is 13.8 Å². The molecule has 71 heavy (non-hydrogen) atoms. The summed E-state index contributed by atoms with van der Waals surface area (Å²) in [5, 5.41) is 0. The number of hydrogen-bond donors (Lipinski definition) is 2. The topological polar surface area (TPSA) is 134 Å². The monoisotopic (exact) mass is 1030 g/mol. The van der Waals surface area contributed by atoms with Crippen LogP contribution in [0.4, 0.5) is 0 Å². The molecule has 0 bridgehead atoms. The number of phosphoric acid groups is 1. The summed E-state index contributed by atoms with van der Waals surface area (Å²) in [6.45, 7) is 3.84. The number of nitrogens with two attached hydrogens (primary N) is 1. The number of hydrogen-bond acceptors (Lipinski definition) is 8. The fourth-order valence-corrected chi connectivity index (χ4v) is 10.6. The van der Waals surface area contributed by atoms with Gasteiger partial charge < -0.3 is 20.1 Å². The van der Waals surface area contributed by atoms with Crippen molar-refractivity contribution < 1.29 is 37.6 Å². The number of rotatable bonds is 61. The Labute approximate surface area is 441 Å². The van der Waals surface area contributed by atoms with Crippen molar-refractivity contribution in [3.63, 3.8) is 0 Å². The van der Waals surface area contributed by atoms with E-state index in [9.17, 15) is 19.0 Å². The van der Waals surface area contributed by atoms with Crippen LogP contribution in [0.15, 0.2) is 0 Å². The molecule has 0 aliphatic rings. The van der Waals surface area contributed by atoms with E-state index in [1.54, 1.807) is 0 Å². The van der Waals surface area contributed by atoms with Crippen LogP contribution in [0.5, 0.6) is 0 Å². The molecule has 0 aromatic carbocycles. The van der Waals surface area contributed by atoms with E-state index in [1.165, 1.54) is 283 Å². The fourth-order valence-electron chi connectivity index (χ4n) is 9.82. The summed E-state index contributed by atoms with van der Waals surface area (Å²) < 4.78 is 33.1. The second-order valence-corrected chi connectivity index (χ2v) is 23.1. The van der Waals surface area contributed by atoms with Gasteiger partial charge in [-0.25, -0.2) is 4.57 Å². The Bertz CT molecular complexity index is 1130. The van der Waals surface area contributed by atoms with E-state index in [0.29, 0.717) is 12.8 Å². The summed E-state index contributed by atoms with van der Waals surface area (Å²) in [5.41, 5.74) is 5.39. The minimum Gasteiger partial charge on any atom is -0.462 e. The number of unbranched alkanes of at least 4 members (excludes halogenated alkanes) is 48. The molecule has 0 aromatic heterocycles. The molecule has 0 spiro atoms. The van der Waals surface area contributed by atoms with E-state index < -0.39 is 26.5 Å². The maximum Gasteiger partial charge on any atom is 0.472 e. The first kappa shape index (κ1) is 70.0. The van der Waals surface area contributed by atoms with E-state index in [4.69, 9.17) is 24.3 Å². The SMILES string of the molecule is CCCCCCCCCCCCCCCCCCCCCCCCCCCC(=O)OC[C@H](COP(=O)(O)OCCN)OC(=O)CCCCCCCCCCCCCCCCCCCCCCCCCCC. The molecule has 2 atom stereocenters. The Kier molecular flexibility index (Phi) is 57.5. The minimum atomic E-state index is -4.38. The summed E-state index contributed by atoms with van der Waals surface area (Å²) in [6, 6.07) is 0. The first-order valence-corrected chi connectivity index (χ1v) is 33.0. The number of phosphoric ester groups is 1. The van der Waals surface area contributed by atoms with Gasteiger partial charge in [0.1, 0.15) is 6.61 Å². The quantitative estimate of drug-likeness (QED) is 0.0347. The van der Waals surface area contributed by atoms with Crippen molar-refractivity contribution in [2.75, 3.05) is 26.4 Å². The molecule has 0 aliphatic carbocycles. The highest BCUT2D eigenvalue weighted by Gasteiger charge is 2.26. The predicted octanol–water partition coefficient (Wildman–Crippen LogP) is 19.9. The molecule has 1 unspecified atom stereocenters. The predicted molar refractivity (Wildman–Crippen MR) is 303 cm³/mol. The van der Waals surface area contributed by atoms with Gasteiger partial charge in [0.2, 0.25) is 0 Å². The highest BCUT2D eigenvalue weighted by molar-refractivity contribution is 7.47. The van der Waals surface area contributed by atoms with Crippen molar-refractivity contribution in [2.45, 2.75) is 354 Å². The minimum absolute atomic E-state index is 0.0587. The van der Waals surface area contributed by atoms with Crippen molar-refractivity contribution in [2.24, 2.45) is 5.73 Å². The summed E-state index contributed by atoms with van der Waals surface area (Å²) in [5.74, 6) is -0.800. The standard InChI is InChI=1S/C61H122NO8P/c1-3-5-7-9-11-13-15-17-19-21-23-25-27-29-31-33-35-37-39-41-43-45-47-49-51-53-60(63)67-57-59(58-69-71(65,66)68-56-55-62)70-61(64)54-52-50-48-46-44-42-40-38-36-34-32-30-28-26-24-22-20-18-16-14-12-10-8-6-4-2/h59H,3-58,62H2,1-2H3,(H,65,66)/t59-/m1/s1. The van der Waals surface area contributed by atoms with Crippen molar-refractivity contribution in [3.05, 3.63) is 0 Å². The zero-order chi connectivity index (χ0) is 51.7.